The predicted molar refractivity (Wildman–Crippen MR) is 71.1 cm³/mol. The lowest BCUT2D eigenvalue weighted by Gasteiger charge is -2.27. The van der Waals surface area contributed by atoms with Crippen molar-refractivity contribution >= 4 is 17.6 Å². The summed E-state index contributed by atoms with van der Waals surface area (Å²) in [7, 11) is 0. The van der Waals surface area contributed by atoms with Crippen LogP contribution in [0.3, 0.4) is 0 Å². The van der Waals surface area contributed by atoms with E-state index in [1.165, 1.54) is 23.1 Å². The van der Waals surface area contributed by atoms with E-state index in [1.54, 1.807) is 0 Å². The molecule has 1 aliphatic heterocycles. The van der Waals surface area contributed by atoms with E-state index < -0.39 is 22.5 Å². The Balaban J connectivity index is 2.41. The summed E-state index contributed by atoms with van der Waals surface area (Å²) in [5, 5.41) is 11.0. The summed E-state index contributed by atoms with van der Waals surface area (Å²) in [5.74, 6) is -1.45. The number of carbonyl (C=O) groups is 2. The largest absolute Gasteiger partial charge is 0.418 e. The Bertz CT molecular complexity index is 580. The van der Waals surface area contributed by atoms with Crippen LogP contribution in [0.2, 0.25) is 0 Å². The maximum atomic E-state index is 12.4. The Labute approximate surface area is 120 Å². The number of morpholine rings is 1. The molecule has 1 amide bonds. The van der Waals surface area contributed by atoms with Gasteiger partial charge in [0.15, 0.2) is 0 Å². The minimum absolute atomic E-state index is 0.00120. The van der Waals surface area contributed by atoms with Crippen molar-refractivity contribution in [3.8, 4) is 5.75 Å². The number of rotatable bonds is 3. The number of nitrogens with zero attached hydrogens (tertiary/aromatic N) is 2. The van der Waals surface area contributed by atoms with E-state index in [-0.39, 0.29) is 11.3 Å². The van der Waals surface area contributed by atoms with Gasteiger partial charge >= 0.3 is 11.7 Å². The molecule has 1 heterocycles. The van der Waals surface area contributed by atoms with Crippen LogP contribution in [-0.2, 0) is 9.53 Å². The zero-order chi connectivity index (χ0) is 15.4. The van der Waals surface area contributed by atoms with Crippen LogP contribution in [0, 0.1) is 10.1 Å². The first kappa shape index (κ1) is 14.9. The van der Waals surface area contributed by atoms with Gasteiger partial charge in [0.2, 0.25) is 5.75 Å². The molecule has 112 valence electrons. The minimum atomic E-state index is -0.722. The maximum absolute atomic E-state index is 12.4. The predicted octanol–water partition coefficient (Wildman–Crippen LogP) is 0.992. The molecule has 1 saturated heterocycles. The first-order chi connectivity index (χ1) is 10.0. The van der Waals surface area contributed by atoms with Crippen LogP contribution < -0.4 is 4.74 Å². The van der Waals surface area contributed by atoms with E-state index in [0.29, 0.717) is 26.3 Å². The molecule has 0 unspecified atom stereocenters. The second kappa shape index (κ2) is 6.31. The molecule has 8 heteroatoms. The van der Waals surface area contributed by atoms with Crippen LogP contribution >= 0.6 is 0 Å². The third-order valence-corrected chi connectivity index (χ3v) is 2.97. The highest BCUT2D eigenvalue weighted by atomic mass is 16.6. The first-order valence-electron chi connectivity index (χ1n) is 6.33. The Morgan fingerprint density at radius 3 is 2.57 bits per heavy atom. The Morgan fingerprint density at radius 1 is 1.33 bits per heavy atom. The molecule has 0 bridgehead atoms. The second-order valence-corrected chi connectivity index (χ2v) is 4.41. The highest BCUT2D eigenvalue weighted by Crippen LogP contribution is 2.32. The standard InChI is InChI=1S/C13H14N2O6/c1-9(16)21-12-10(3-2-4-11(12)15(18)19)13(17)14-5-7-20-8-6-14/h2-4H,5-8H2,1H3. The average Bonchev–Trinajstić information content (AvgIpc) is 2.47. The fourth-order valence-corrected chi connectivity index (χ4v) is 2.02. The lowest BCUT2D eigenvalue weighted by molar-refractivity contribution is -0.385. The fourth-order valence-electron chi connectivity index (χ4n) is 2.02. The molecule has 0 spiro atoms. The molecule has 1 aromatic rings. The maximum Gasteiger partial charge on any atom is 0.312 e. The number of nitro groups is 1. The molecule has 1 aliphatic rings. The van der Waals surface area contributed by atoms with Crippen molar-refractivity contribution in [2.24, 2.45) is 0 Å². The topological polar surface area (TPSA) is 99.0 Å². The average molecular weight is 294 g/mol. The molecule has 0 radical (unpaired) electrons. The number of esters is 1. The van der Waals surface area contributed by atoms with E-state index in [1.807, 2.05) is 0 Å². The van der Waals surface area contributed by atoms with Gasteiger partial charge in [0, 0.05) is 26.1 Å². The minimum Gasteiger partial charge on any atom is -0.418 e. The molecule has 0 saturated carbocycles. The summed E-state index contributed by atoms with van der Waals surface area (Å²) in [6.07, 6.45) is 0. The second-order valence-electron chi connectivity index (χ2n) is 4.41. The lowest BCUT2D eigenvalue weighted by atomic mass is 10.1. The zero-order valence-electron chi connectivity index (χ0n) is 11.4. The van der Waals surface area contributed by atoms with E-state index >= 15 is 0 Å². The molecule has 1 fully saturated rings. The molecule has 0 N–H and O–H groups in total. The number of amides is 1. The molecule has 21 heavy (non-hydrogen) atoms. The summed E-state index contributed by atoms with van der Waals surface area (Å²) in [6, 6.07) is 3.98. The Kier molecular flexibility index (Phi) is 4.49. The number of carbonyl (C=O) groups excluding carboxylic acids is 2. The molecule has 0 atom stereocenters. The van der Waals surface area contributed by atoms with Crippen LogP contribution in [0.5, 0.6) is 5.75 Å². The third kappa shape index (κ3) is 3.34. The van der Waals surface area contributed by atoms with Crippen molar-refractivity contribution in [1.82, 2.24) is 4.90 Å². The van der Waals surface area contributed by atoms with Gasteiger partial charge in [-0.2, -0.15) is 0 Å². The van der Waals surface area contributed by atoms with Crippen molar-refractivity contribution < 1.29 is 24.0 Å². The van der Waals surface area contributed by atoms with Crippen molar-refractivity contribution in [1.29, 1.82) is 0 Å². The van der Waals surface area contributed by atoms with Gasteiger partial charge in [-0.05, 0) is 6.07 Å². The smallest absolute Gasteiger partial charge is 0.312 e. The van der Waals surface area contributed by atoms with E-state index in [0.717, 1.165) is 6.92 Å². The van der Waals surface area contributed by atoms with E-state index in [4.69, 9.17) is 9.47 Å². The van der Waals surface area contributed by atoms with E-state index in [2.05, 4.69) is 0 Å². The van der Waals surface area contributed by atoms with Gasteiger partial charge in [0.25, 0.3) is 5.91 Å². The van der Waals surface area contributed by atoms with Gasteiger partial charge < -0.3 is 14.4 Å². The van der Waals surface area contributed by atoms with Crippen LogP contribution in [0.4, 0.5) is 5.69 Å². The number of hydrogen-bond donors (Lipinski definition) is 0. The van der Waals surface area contributed by atoms with Crippen LogP contribution in [0.25, 0.3) is 0 Å². The fraction of sp³-hybridized carbons (Fsp3) is 0.385. The molecule has 0 aromatic heterocycles. The van der Waals surface area contributed by atoms with Crippen molar-refractivity contribution in [2.75, 3.05) is 26.3 Å². The first-order valence-corrected chi connectivity index (χ1v) is 6.33. The van der Waals surface area contributed by atoms with Gasteiger partial charge in [-0.15, -0.1) is 0 Å². The number of nitro benzene ring substituents is 1. The summed E-state index contributed by atoms with van der Waals surface area (Å²) in [6.45, 7) is 2.72. The molecule has 2 rings (SSSR count). The summed E-state index contributed by atoms with van der Waals surface area (Å²) in [5.41, 5.74) is -0.411. The van der Waals surface area contributed by atoms with Gasteiger partial charge in [0.05, 0.1) is 23.7 Å². The highest BCUT2D eigenvalue weighted by molar-refractivity contribution is 5.99. The van der Waals surface area contributed by atoms with Crippen molar-refractivity contribution in [2.45, 2.75) is 6.92 Å². The molecular weight excluding hydrogens is 280 g/mol. The molecule has 1 aromatic carbocycles. The number of ether oxygens (including phenoxy) is 2. The van der Waals surface area contributed by atoms with Crippen LogP contribution in [0.15, 0.2) is 18.2 Å². The van der Waals surface area contributed by atoms with E-state index in [9.17, 15) is 19.7 Å². The highest BCUT2D eigenvalue weighted by Gasteiger charge is 2.28. The molecule has 8 nitrogen and oxygen atoms in total. The number of hydrogen-bond acceptors (Lipinski definition) is 6. The van der Waals surface area contributed by atoms with Crippen molar-refractivity contribution in [3.63, 3.8) is 0 Å². The Hall–Kier alpha value is -2.48. The third-order valence-electron chi connectivity index (χ3n) is 2.97. The number of benzene rings is 1. The molecular formula is C13H14N2O6. The summed E-state index contributed by atoms with van der Waals surface area (Å²) in [4.78, 5) is 35.4. The SMILES string of the molecule is CC(=O)Oc1c(C(=O)N2CCOCC2)cccc1[N+](=O)[O-]. The lowest BCUT2D eigenvalue weighted by Crippen LogP contribution is -2.40. The monoisotopic (exact) mass is 294 g/mol. The van der Waals surface area contributed by atoms with Crippen LogP contribution in [0.1, 0.15) is 17.3 Å². The zero-order valence-corrected chi connectivity index (χ0v) is 11.4. The number of para-hydroxylation sites is 1. The van der Waals surface area contributed by atoms with Gasteiger partial charge in [-0.3, -0.25) is 19.7 Å². The Morgan fingerprint density at radius 2 is 2.00 bits per heavy atom. The van der Waals surface area contributed by atoms with Gasteiger partial charge in [-0.25, -0.2) is 0 Å². The normalized spacial score (nSPS) is 14.6. The summed E-state index contributed by atoms with van der Waals surface area (Å²) >= 11 is 0. The summed E-state index contributed by atoms with van der Waals surface area (Å²) < 4.78 is 10.0. The quantitative estimate of drug-likeness (QED) is 0.357. The van der Waals surface area contributed by atoms with Gasteiger partial charge in [-0.1, -0.05) is 6.07 Å². The molecule has 0 aliphatic carbocycles. The van der Waals surface area contributed by atoms with Crippen LogP contribution in [-0.4, -0.2) is 48.0 Å². The van der Waals surface area contributed by atoms with Crippen molar-refractivity contribution in [3.05, 3.63) is 33.9 Å². The van der Waals surface area contributed by atoms with Gasteiger partial charge in [0.1, 0.15) is 0 Å².